The summed E-state index contributed by atoms with van der Waals surface area (Å²) in [5, 5.41) is 5.83. The molecule has 1 aliphatic rings. The molecular formula is C27H30N4O4. The predicted molar refractivity (Wildman–Crippen MR) is 136 cm³/mol. The van der Waals surface area contributed by atoms with Gasteiger partial charge in [0.2, 0.25) is 11.8 Å². The van der Waals surface area contributed by atoms with E-state index in [0.29, 0.717) is 23.1 Å². The Balaban J connectivity index is 1.62. The van der Waals surface area contributed by atoms with Crippen LogP contribution < -0.4 is 21.9 Å². The van der Waals surface area contributed by atoms with E-state index in [9.17, 15) is 19.2 Å². The molecule has 0 atom stereocenters. The van der Waals surface area contributed by atoms with Gasteiger partial charge in [0.15, 0.2) is 0 Å². The summed E-state index contributed by atoms with van der Waals surface area (Å²) in [7, 11) is 1.57. The van der Waals surface area contributed by atoms with E-state index in [0.717, 1.165) is 29.4 Å². The second-order valence-electron chi connectivity index (χ2n) is 8.75. The average Bonchev–Trinajstić information content (AvgIpc) is 2.88. The zero-order valence-corrected chi connectivity index (χ0v) is 19.9. The molecule has 3 aromatic rings. The number of carbonyl (C=O) groups excluding carboxylic acids is 2. The van der Waals surface area contributed by atoms with Crippen molar-refractivity contribution in [1.82, 2.24) is 19.8 Å². The van der Waals surface area contributed by atoms with E-state index < -0.39 is 11.2 Å². The number of aromatic nitrogens is 2. The van der Waals surface area contributed by atoms with Gasteiger partial charge in [-0.3, -0.25) is 19.0 Å². The van der Waals surface area contributed by atoms with Crippen LogP contribution in [0.2, 0.25) is 0 Å². The molecule has 0 fully saturated rings. The van der Waals surface area contributed by atoms with Gasteiger partial charge < -0.3 is 10.6 Å². The maximum atomic E-state index is 13.4. The molecule has 4 rings (SSSR count). The van der Waals surface area contributed by atoms with Gasteiger partial charge in [-0.2, -0.15) is 0 Å². The normalized spacial score (nSPS) is 13.3. The van der Waals surface area contributed by atoms with Crippen LogP contribution in [0.15, 0.2) is 69.8 Å². The van der Waals surface area contributed by atoms with E-state index in [1.807, 2.05) is 0 Å². The van der Waals surface area contributed by atoms with Crippen molar-refractivity contribution in [2.45, 2.75) is 45.1 Å². The Morgan fingerprint density at radius 2 is 1.74 bits per heavy atom. The third-order valence-electron chi connectivity index (χ3n) is 6.34. The molecular weight excluding hydrogens is 444 g/mol. The van der Waals surface area contributed by atoms with Crippen molar-refractivity contribution >= 4 is 22.7 Å². The summed E-state index contributed by atoms with van der Waals surface area (Å²) in [6.45, 7) is 0.331. The Bertz CT molecular complexity index is 1380. The molecule has 1 aliphatic carbocycles. The number of likely N-dealkylation sites (N-methyl/N-ethyl adjacent to an activating group) is 1. The molecule has 1 heterocycles. The highest BCUT2D eigenvalue weighted by atomic mass is 16.2. The summed E-state index contributed by atoms with van der Waals surface area (Å²) in [5.41, 5.74) is 1.88. The third kappa shape index (κ3) is 5.59. The maximum absolute atomic E-state index is 13.4. The van der Waals surface area contributed by atoms with Gasteiger partial charge in [0, 0.05) is 13.6 Å². The molecule has 8 heteroatoms. The van der Waals surface area contributed by atoms with Crippen LogP contribution >= 0.6 is 0 Å². The zero-order chi connectivity index (χ0) is 24.8. The fourth-order valence-electron chi connectivity index (χ4n) is 4.43. The zero-order valence-electron chi connectivity index (χ0n) is 19.9. The van der Waals surface area contributed by atoms with E-state index in [2.05, 4.69) is 16.7 Å². The molecule has 0 saturated carbocycles. The molecule has 0 aliphatic heterocycles. The Morgan fingerprint density at radius 3 is 2.46 bits per heavy atom. The van der Waals surface area contributed by atoms with Gasteiger partial charge >= 0.3 is 5.69 Å². The maximum Gasteiger partial charge on any atom is 0.336 e. The number of fused-ring (bicyclic) bond motifs is 1. The highest BCUT2D eigenvalue weighted by Crippen LogP contribution is 2.19. The lowest BCUT2D eigenvalue weighted by molar-refractivity contribution is -0.122. The first-order valence-corrected chi connectivity index (χ1v) is 12.0. The van der Waals surface area contributed by atoms with Crippen molar-refractivity contribution in [3.8, 4) is 5.69 Å². The van der Waals surface area contributed by atoms with Crippen molar-refractivity contribution in [1.29, 1.82) is 0 Å². The number of hydrogen-bond acceptors (Lipinski definition) is 4. The van der Waals surface area contributed by atoms with E-state index >= 15 is 0 Å². The third-order valence-corrected chi connectivity index (χ3v) is 6.34. The lowest BCUT2D eigenvalue weighted by Gasteiger charge is -2.15. The molecule has 0 saturated heterocycles. The van der Waals surface area contributed by atoms with Crippen molar-refractivity contribution < 1.29 is 9.59 Å². The summed E-state index contributed by atoms with van der Waals surface area (Å²) >= 11 is 0. The molecule has 2 aromatic carbocycles. The van der Waals surface area contributed by atoms with Gasteiger partial charge in [-0.05, 0) is 61.9 Å². The minimum absolute atomic E-state index is 0.131. The van der Waals surface area contributed by atoms with Gasteiger partial charge in [0.25, 0.3) is 5.56 Å². The molecule has 2 N–H and O–H groups in total. The molecule has 0 radical (unpaired) electrons. The number of para-hydroxylation sites is 1. The Labute approximate surface area is 203 Å². The van der Waals surface area contributed by atoms with Crippen LogP contribution in [0.1, 0.15) is 37.7 Å². The fraction of sp³-hybridized carbons (Fsp3) is 0.333. The first-order valence-electron chi connectivity index (χ1n) is 12.0. The number of benzene rings is 2. The summed E-state index contributed by atoms with van der Waals surface area (Å²) < 4.78 is 2.41. The van der Waals surface area contributed by atoms with E-state index in [1.54, 1.807) is 55.6 Å². The van der Waals surface area contributed by atoms with Crippen molar-refractivity contribution in [3.05, 3.63) is 86.6 Å². The molecule has 1 aromatic heterocycles. The molecule has 8 nitrogen and oxygen atoms in total. The number of allylic oxidation sites excluding steroid dienone is 1. The second kappa shape index (κ2) is 11.0. The lowest BCUT2D eigenvalue weighted by atomic mass is 9.97. The van der Waals surface area contributed by atoms with Crippen LogP contribution in [0.4, 0.5) is 0 Å². The molecule has 0 spiro atoms. The second-order valence-corrected chi connectivity index (χ2v) is 8.75. The highest BCUT2D eigenvalue weighted by molar-refractivity contribution is 5.82. The standard InChI is InChI=1S/C27H30N4O4/c1-28-24(32)17-20-11-13-21(14-12-20)31-26(34)22-9-5-6-10-23(22)30(27(31)35)18-25(33)29-16-15-19-7-3-2-4-8-19/h5-7,9-14H,2-4,8,15-18H2,1H3,(H,28,32)(H,29,33). The topological polar surface area (TPSA) is 102 Å². The lowest BCUT2D eigenvalue weighted by Crippen LogP contribution is -2.42. The van der Waals surface area contributed by atoms with Gasteiger partial charge in [-0.1, -0.05) is 35.9 Å². The molecule has 2 amide bonds. The number of amides is 2. The number of rotatable bonds is 8. The first kappa shape index (κ1) is 24.2. The van der Waals surface area contributed by atoms with Crippen LogP contribution in [0.25, 0.3) is 16.6 Å². The van der Waals surface area contributed by atoms with Crippen molar-refractivity contribution in [2.24, 2.45) is 0 Å². The molecule has 0 bridgehead atoms. The van der Waals surface area contributed by atoms with Crippen LogP contribution in [0.3, 0.4) is 0 Å². The summed E-state index contributed by atoms with van der Waals surface area (Å²) in [6, 6.07) is 13.5. The van der Waals surface area contributed by atoms with Crippen LogP contribution in [-0.4, -0.2) is 34.5 Å². The predicted octanol–water partition coefficient (Wildman–Crippen LogP) is 2.45. The van der Waals surface area contributed by atoms with E-state index in [1.165, 1.54) is 23.0 Å². The fourth-order valence-corrected chi connectivity index (χ4v) is 4.43. The Kier molecular flexibility index (Phi) is 7.60. The van der Waals surface area contributed by atoms with E-state index in [-0.39, 0.29) is 24.8 Å². The summed E-state index contributed by atoms with van der Waals surface area (Å²) in [5.74, 6) is -0.409. The number of nitrogens with zero attached hydrogens (tertiary/aromatic N) is 2. The number of hydrogen-bond donors (Lipinski definition) is 2. The Hall–Kier alpha value is -3.94. The van der Waals surface area contributed by atoms with Gasteiger partial charge in [0.1, 0.15) is 6.54 Å². The molecule has 0 unspecified atom stereocenters. The molecule has 35 heavy (non-hydrogen) atoms. The summed E-state index contributed by atoms with van der Waals surface area (Å²) in [4.78, 5) is 51.1. The van der Waals surface area contributed by atoms with Crippen LogP contribution in [0.5, 0.6) is 0 Å². The number of nitrogens with one attached hydrogen (secondary N) is 2. The Morgan fingerprint density at radius 1 is 0.971 bits per heavy atom. The molecule has 182 valence electrons. The largest absolute Gasteiger partial charge is 0.359 e. The van der Waals surface area contributed by atoms with Crippen LogP contribution in [-0.2, 0) is 22.6 Å². The SMILES string of the molecule is CNC(=O)Cc1ccc(-n2c(=O)c3ccccc3n(CC(=O)NCCC3=CCCCC3)c2=O)cc1. The number of carbonyl (C=O) groups is 2. The average molecular weight is 475 g/mol. The highest BCUT2D eigenvalue weighted by Gasteiger charge is 2.17. The van der Waals surface area contributed by atoms with Gasteiger partial charge in [0.05, 0.1) is 23.0 Å². The smallest absolute Gasteiger partial charge is 0.336 e. The van der Waals surface area contributed by atoms with Gasteiger partial charge in [-0.15, -0.1) is 0 Å². The minimum atomic E-state index is -0.585. The van der Waals surface area contributed by atoms with E-state index in [4.69, 9.17) is 0 Å². The quantitative estimate of drug-likeness (QED) is 0.490. The minimum Gasteiger partial charge on any atom is -0.359 e. The van der Waals surface area contributed by atoms with Gasteiger partial charge in [-0.25, -0.2) is 9.36 Å². The monoisotopic (exact) mass is 474 g/mol. The first-order chi connectivity index (χ1) is 17.0. The van der Waals surface area contributed by atoms with Crippen molar-refractivity contribution in [3.63, 3.8) is 0 Å². The van der Waals surface area contributed by atoms with Crippen molar-refractivity contribution in [2.75, 3.05) is 13.6 Å². The van der Waals surface area contributed by atoms with Crippen LogP contribution in [0, 0.1) is 0 Å². The summed E-state index contributed by atoms with van der Waals surface area (Å²) in [6.07, 6.45) is 7.84.